The second kappa shape index (κ2) is 8.28. The molecule has 2 aromatic rings. The summed E-state index contributed by atoms with van der Waals surface area (Å²) in [7, 11) is -1.13. The van der Waals surface area contributed by atoms with Crippen molar-refractivity contribution in [2.75, 3.05) is 44.2 Å². The van der Waals surface area contributed by atoms with Crippen LogP contribution in [0, 0.1) is 12.7 Å². The van der Waals surface area contributed by atoms with Gasteiger partial charge in [0.05, 0.1) is 17.5 Å². The molecule has 1 aliphatic heterocycles. The Hall–Kier alpha value is -1.44. The number of piperazine rings is 1. The second-order valence-electron chi connectivity index (χ2n) is 8.71. The molecule has 1 fully saturated rings. The zero-order chi connectivity index (χ0) is 19.6. The summed E-state index contributed by atoms with van der Waals surface area (Å²) in [4.78, 5) is 8.99. The van der Waals surface area contributed by atoms with E-state index < -0.39 is 8.07 Å². The lowest BCUT2D eigenvalue weighted by molar-refractivity contribution is 0.0895. The fourth-order valence-electron chi connectivity index (χ4n) is 3.62. The molecule has 7 heteroatoms. The molecule has 0 N–H and O–H groups in total. The van der Waals surface area contributed by atoms with Crippen LogP contribution in [-0.4, -0.2) is 61.9 Å². The van der Waals surface area contributed by atoms with E-state index >= 15 is 4.39 Å². The third-order valence-electron chi connectivity index (χ3n) is 5.37. The topological polar surface area (TPSA) is 33.5 Å². The number of likely N-dealkylation sites (N-methyl/N-ethyl adjacent to an activating group) is 1. The number of aryl methyl sites for hydroxylation is 1. The summed E-state index contributed by atoms with van der Waals surface area (Å²) in [5, 5.41) is 0. The van der Waals surface area contributed by atoms with Crippen LogP contribution in [0.3, 0.4) is 0 Å². The van der Waals surface area contributed by atoms with E-state index in [1.807, 2.05) is 13.0 Å². The van der Waals surface area contributed by atoms with Crippen molar-refractivity contribution >= 4 is 24.8 Å². The molecule has 150 valence electrons. The molecule has 2 heterocycles. The second-order valence-corrected chi connectivity index (χ2v) is 14.3. The lowest BCUT2D eigenvalue weighted by atomic mass is 10.1. The summed E-state index contributed by atoms with van der Waals surface area (Å²) in [6, 6.07) is 3.10. The highest BCUT2D eigenvalue weighted by atomic mass is 28.3. The number of hydrogen-bond acceptors (Lipinski definition) is 4. The van der Waals surface area contributed by atoms with Gasteiger partial charge in [-0.1, -0.05) is 26.6 Å². The van der Waals surface area contributed by atoms with Gasteiger partial charge >= 0.3 is 0 Å². The summed E-state index contributed by atoms with van der Waals surface area (Å²) >= 11 is 0. The van der Waals surface area contributed by atoms with E-state index in [9.17, 15) is 0 Å². The predicted molar refractivity (Wildman–Crippen MR) is 113 cm³/mol. The molecule has 0 spiro atoms. The van der Waals surface area contributed by atoms with Crippen molar-refractivity contribution in [3.63, 3.8) is 0 Å². The van der Waals surface area contributed by atoms with Crippen LogP contribution in [0.15, 0.2) is 12.4 Å². The summed E-state index contributed by atoms with van der Waals surface area (Å²) < 4.78 is 23.2. The Bertz CT molecular complexity index is 778. The number of fused-ring (bicyclic) bond motifs is 1. The molecule has 1 aromatic carbocycles. The van der Waals surface area contributed by atoms with E-state index in [2.05, 4.69) is 41.3 Å². The molecule has 0 bridgehead atoms. The summed E-state index contributed by atoms with van der Waals surface area (Å²) in [5.41, 5.74) is 2.94. The van der Waals surface area contributed by atoms with Crippen molar-refractivity contribution < 1.29 is 9.13 Å². The number of rotatable bonds is 7. The van der Waals surface area contributed by atoms with Crippen LogP contribution in [0.1, 0.15) is 12.5 Å². The quantitative estimate of drug-likeness (QED) is 0.528. The van der Waals surface area contributed by atoms with E-state index in [1.54, 1.807) is 10.9 Å². The van der Waals surface area contributed by atoms with E-state index in [0.29, 0.717) is 24.4 Å². The number of aromatic nitrogens is 2. The molecule has 0 atom stereocenters. The Morgan fingerprint density at radius 2 is 1.89 bits per heavy atom. The SMILES string of the molecule is CCN1CCN(c2c(C)cc3ncn(COCC[Si](C)(C)C)c3c2F)CC1. The summed E-state index contributed by atoms with van der Waals surface area (Å²) in [6.07, 6.45) is 1.69. The fraction of sp³-hybridized carbons (Fsp3) is 0.650. The minimum Gasteiger partial charge on any atom is -0.366 e. The zero-order valence-electron chi connectivity index (χ0n) is 17.4. The standard InChI is InChI=1S/C20H33FN4OSi/c1-6-23-7-9-24(10-8-23)19-16(2)13-17-20(18(19)21)25(14-22-17)15-26-11-12-27(3,4)5/h13-14H,6-12,15H2,1-5H3. The summed E-state index contributed by atoms with van der Waals surface area (Å²) in [6.45, 7) is 16.9. The van der Waals surface area contributed by atoms with E-state index in [-0.39, 0.29) is 5.82 Å². The average molecular weight is 393 g/mol. The Labute approximate surface area is 163 Å². The van der Waals surface area contributed by atoms with E-state index in [0.717, 1.165) is 50.0 Å². The van der Waals surface area contributed by atoms with Gasteiger partial charge in [-0.25, -0.2) is 9.37 Å². The lowest BCUT2D eigenvalue weighted by Crippen LogP contribution is -2.46. The van der Waals surface area contributed by atoms with Crippen LogP contribution >= 0.6 is 0 Å². The van der Waals surface area contributed by atoms with Crippen LogP contribution in [0.25, 0.3) is 11.0 Å². The molecule has 27 heavy (non-hydrogen) atoms. The molecular formula is C20H33FN4OSi. The van der Waals surface area contributed by atoms with Gasteiger partial charge in [0.1, 0.15) is 12.2 Å². The Morgan fingerprint density at radius 1 is 1.19 bits per heavy atom. The van der Waals surface area contributed by atoms with Gasteiger partial charge in [-0.05, 0) is 31.1 Å². The van der Waals surface area contributed by atoms with Crippen LogP contribution in [0.5, 0.6) is 0 Å². The van der Waals surface area contributed by atoms with Crippen molar-refractivity contribution in [3.8, 4) is 0 Å². The first kappa shape index (κ1) is 20.3. The number of anilines is 1. The van der Waals surface area contributed by atoms with Crippen molar-refractivity contribution in [1.29, 1.82) is 0 Å². The van der Waals surface area contributed by atoms with Gasteiger partial charge in [0.2, 0.25) is 0 Å². The largest absolute Gasteiger partial charge is 0.366 e. The molecule has 0 saturated carbocycles. The number of halogens is 1. The van der Waals surface area contributed by atoms with Gasteiger partial charge in [0.15, 0.2) is 5.82 Å². The van der Waals surface area contributed by atoms with Gasteiger partial charge in [-0.3, -0.25) is 0 Å². The van der Waals surface area contributed by atoms with Crippen molar-refractivity contribution in [2.45, 2.75) is 46.3 Å². The fourth-order valence-corrected chi connectivity index (χ4v) is 4.37. The molecule has 0 aliphatic carbocycles. The number of nitrogens with zero attached hydrogens (tertiary/aromatic N) is 4. The highest BCUT2D eigenvalue weighted by molar-refractivity contribution is 6.76. The highest BCUT2D eigenvalue weighted by Gasteiger charge is 2.23. The van der Waals surface area contributed by atoms with E-state index in [1.165, 1.54) is 0 Å². The molecule has 0 amide bonds. The Balaban J connectivity index is 1.80. The maximum Gasteiger partial charge on any atom is 0.172 e. The maximum atomic E-state index is 15.5. The van der Waals surface area contributed by atoms with Crippen molar-refractivity contribution in [3.05, 3.63) is 23.8 Å². The monoisotopic (exact) mass is 392 g/mol. The van der Waals surface area contributed by atoms with Crippen LogP contribution in [-0.2, 0) is 11.5 Å². The lowest BCUT2D eigenvalue weighted by Gasteiger charge is -2.36. The van der Waals surface area contributed by atoms with Gasteiger partial charge in [0.25, 0.3) is 0 Å². The molecule has 3 rings (SSSR count). The number of imidazole rings is 1. The molecule has 0 radical (unpaired) electrons. The minimum atomic E-state index is -1.13. The molecule has 1 aromatic heterocycles. The van der Waals surface area contributed by atoms with E-state index in [4.69, 9.17) is 4.74 Å². The first-order valence-electron chi connectivity index (χ1n) is 9.99. The smallest absolute Gasteiger partial charge is 0.172 e. The molecule has 1 saturated heterocycles. The van der Waals surface area contributed by atoms with Crippen molar-refractivity contribution in [2.24, 2.45) is 0 Å². The van der Waals surface area contributed by atoms with Crippen LogP contribution in [0.2, 0.25) is 25.7 Å². The first-order valence-corrected chi connectivity index (χ1v) is 13.7. The minimum absolute atomic E-state index is 0.166. The Morgan fingerprint density at radius 3 is 2.52 bits per heavy atom. The predicted octanol–water partition coefficient (Wildman–Crippen LogP) is 3.94. The van der Waals surface area contributed by atoms with Gasteiger partial charge < -0.3 is 19.1 Å². The summed E-state index contributed by atoms with van der Waals surface area (Å²) in [5.74, 6) is -0.166. The highest BCUT2D eigenvalue weighted by Crippen LogP contribution is 2.31. The third kappa shape index (κ3) is 4.70. The average Bonchev–Trinajstić information content (AvgIpc) is 3.01. The molecular weight excluding hydrogens is 359 g/mol. The van der Waals surface area contributed by atoms with Gasteiger partial charge in [-0.15, -0.1) is 0 Å². The molecule has 1 aliphatic rings. The van der Waals surface area contributed by atoms with Crippen LogP contribution in [0.4, 0.5) is 10.1 Å². The van der Waals surface area contributed by atoms with Gasteiger partial charge in [0, 0.05) is 40.9 Å². The van der Waals surface area contributed by atoms with Crippen molar-refractivity contribution in [1.82, 2.24) is 14.5 Å². The van der Waals surface area contributed by atoms with Gasteiger partial charge in [-0.2, -0.15) is 0 Å². The number of ether oxygens (including phenoxy) is 1. The first-order chi connectivity index (χ1) is 12.8. The molecule has 0 unspecified atom stereocenters. The maximum absolute atomic E-state index is 15.5. The Kier molecular flexibility index (Phi) is 6.23. The third-order valence-corrected chi connectivity index (χ3v) is 7.08. The molecule has 5 nitrogen and oxygen atoms in total. The normalized spacial score (nSPS) is 16.4. The van der Waals surface area contributed by atoms with Crippen LogP contribution < -0.4 is 4.90 Å². The number of hydrogen-bond donors (Lipinski definition) is 0. The zero-order valence-corrected chi connectivity index (χ0v) is 18.4. The number of benzene rings is 1.